The first-order valence-electron chi connectivity index (χ1n) is 10.5. The Hall–Kier alpha value is -4.22. The third-order valence-electron chi connectivity index (χ3n) is 5.75. The highest BCUT2D eigenvalue weighted by molar-refractivity contribution is 7.22. The van der Waals surface area contributed by atoms with Crippen molar-refractivity contribution < 1.29 is 34.1 Å². The number of aliphatic hydroxyl groups is 1. The summed E-state index contributed by atoms with van der Waals surface area (Å²) in [5.41, 5.74) is 0.660. The van der Waals surface area contributed by atoms with Gasteiger partial charge in [0.05, 0.1) is 41.1 Å². The van der Waals surface area contributed by atoms with Gasteiger partial charge in [-0.05, 0) is 47.8 Å². The van der Waals surface area contributed by atoms with E-state index in [1.54, 1.807) is 35.7 Å². The van der Waals surface area contributed by atoms with E-state index in [0.29, 0.717) is 26.6 Å². The van der Waals surface area contributed by atoms with Crippen LogP contribution in [0.2, 0.25) is 0 Å². The first kappa shape index (κ1) is 23.5. The van der Waals surface area contributed by atoms with Crippen molar-refractivity contribution in [2.75, 3.05) is 19.1 Å². The molecule has 4 aromatic rings. The number of carbonyl (C=O) groups is 3. The SMILES string of the molecule is COc1ccc(OC)c(/C(O)=C2\C(=O)C(=O)N(c3nc4ccc(C(=O)O)cc4s3)C2c2cccs2)c1. The molecule has 1 saturated heterocycles. The molecule has 0 bridgehead atoms. The molecule has 1 atom stereocenters. The average molecular weight is 523 g/mol. The molecule has 0 saturated carbocycles. The number of methoxy groups -OCH3 is 2. The number of rotatable bonds is 6. The van der Waals surface area contributed by atoms with Crippen molar-refractivity contribution in [1.82, 2.24) is 4.98 Å². The lowest BCUT2D eigenvalue weighted by atomic mass is 9.99. The second kappa shape index (κ2) is 9.10. The van der Waals surface area contributed by atoms with Crippen LogP contribution in [0, 0.1) is 0 Å². The predicted octanol–water partition coefficient (Wildman–Crippen LogP) is 4.70. The zero-order chi connectivity index (χ0) is 25.6. The van der Waals surface area contributed by atoms with Crippen molar-refractivity contribution in [3.05, 3.63) is 75.5 Å². The largest absolute Gasteiger partial charge is 0.507 e. The van der Waals surface area contributed by atoms with Gasteiger partial charge in [-0.2, -0.15) is 0 Å². The van der Waals surface area contributed by atoms with E-state index in [0.717, 1.165) is 11.3 Å². The maximum atomic E-state index is 13.3. The van der Waals surface area contributed by atoms with Crippen LogP contribution in [0.3, 0.4) is 0 Å². The summed E-state index contributed by atoms with van der Waals surface area (Å²) >= 11 is 2.41. The smallest absolute Gasteiger partial charge is 0.335 e. The molecule has 1 fully saturated rings. The molecule has 182 valence electrons. The molecule has 1 aliphatic heterocycles. The fraction of sp³-hybridized carbons (Fsp3) is 0.120. The molecule has 0 radical (unpaired) electrons. The van der Waals surface area contributed by atoms with Crippen LogP contribution < -0.4 is 14.4 Å². The molecule has 0 aliphatic carbocycles. The number of benzene rings is 2. The van der Waals surface area contributed by atoms with Crippen LogP contribution in [0.4, 0.5) is 5.13 Å². The maximum absolute atomic E-state index is 13.3. The molecular weight excluding hydrogens is 504 g/mol. The molecule has 1 unspecified atom stereocenters. The van der Waals surface area contributed by atoms with Gasteiger partial charge in [0, 0.05) is 4.88 Å². The van der Waals surface area contributed by atoms with E-state index in [9.17, 15) is 24.6 Å². The van der Waals surface area contributed by atoms with Crippen LogP contribution in [0.1, 0.15) is 26.8 Å². The van der Waals surface area contributed by atoms with Gasteiger partial charge >= 0.3 is 11.9 Å². The van der Waals surface area contributed by atoms with E-state index in [4.69, 9.17) is 9.47 Å². The average Bonchev–Trinajstić information content (AvgIpc) is 3.61. The van der Waals surface area contributed by atoms with E-state index >= 15 is 0 Å². The zero-order valence-corrected chi connectivity index (χ0v) is 20.6. The zero-order valence-electron chi connectivity index (χ0n) is 18.9. The van der Waals surface area contributed by atoms with E-state index < -0.39 is 29.5 Å². The molecule has 3 heterocycles. The topological polar surface area (TPSA) is 126 Å². The van der Waals surface area contributed by atoms with Gasteiger partial charge in [-0.3, -0.25) is 14.5 Å². The molecule has 1 aliphatic rings. The third kappa shape index (κ3) is 3.78. The summed E-state index contributed by atoms with van der Waals surface area (Å²) in [6, 6.07) is 11.8. The highest BCUT2D eigenvalue weighted by Gasteiger charge is 2.49. The van der Waals surface area contributed by atoms with Crippen LogP contribution >= 0.6 is 22.7 Å². The van der Waals surface area contributed by atoms with Crippen molar-refractivity contribution in [2.45, 2.75) is 6.04 Å². The number of carboxylic acids is 1. The van der Waals surface area contributed by atoms with E-state index in [-0.39, 0.29) is 21.8 Å². The van der Waals surface area contributed by atoms with Gasteiger partial charge in [-0.15, -0.1) is 11.3 Å². The van der Waals surface area contributed by atoms with Gasteiger partial charge in [0.1, 0.15) is 23.3 Å². The number of carboxylic acid groups (broad SMARTS) is 1. The Bertz CT molecular complexity index is 1560. The number of nitrogens with zero attached hydrogens (tertiary/aromatic N) is 2. The quantitative estimate of drug-likeness (QED) is 0.212. The highest BCUT2D eigenvalue weighted by Crippen LogP contribution is 2.46. The third-order valence-corrected chi connectivity index (χ3v) is 7.69. The lowest BCUT2D eigenvalue weighted by Crippen LogP contribution is -2.28. The minimum Gasteiger partial charge on any atom is -0.507 e. The lowest BCUT2D eigenvalue weighted by molar-refractivity contribution is -0.132. The molecule has 36 heavy (non-hydrogen) atoms. The summed E-state index contributed by atoms with van der Waals surface area (Å²) in [5.74, 6) is -2.49. The van der Waals surface area contributed by atoms with E-state index in [1.807, 2.05) is 0 Å². The number of Topliss-reactive ketones (excluding diaryl/α,β-unsaturated/α-hetero) is 1. The van der Waals surface area contributed by atoms with Gasteiger partial charge in [-0.1, -0.05) is 17.4 Å². The molecule has 9 nitrogen and oxygen atoms in total. The van der Waals surface area contributed by atoms with Gasteiger partial charge in [-0.25, -0.2) is 9.78 Å². The number of anilines is 1. The predicted molar refractivity (Wildman–Crippen MR) is 135 cm³/mol. The number of thiazole rings is 1. The molecule has 11 heteroatoms. The number of aromatic carboxylic acids is 1. The molecular formula is C25H18N2O7S2. The molecule has 2 aromatic heterocycles. The fourth-order valence-corrected chi connectivity index (χ4v) is 5.89. The number of aromatic nitrogens is 1. The Morgan fingerprint density at radius 2 is 1.86 bits per heavy atom. The summed E-state index contributed by atoms with van der Waals surface area (Å²) in [4.78, 5) is 44.5. The van der Waals surface area contributed by atoms with Gasteiger partial charge < -0.3 is 19.7 Å². The first-order valence-corrected chi connectivity index (χ1v) is 12.2. The summed E-state index contributed by atoms with van der Waals surface area (Å²) < 4.78 is 11.2. The number of carbonyl (C=O) groups excluding carboxylic acids is 2. The van der Waals surface area contributed by atoms with Crippen LogP contribution in [0.25, 0.3) is 16.0 Å². The number of fused-ring (bicyclic) bond motifs is 1. The van der Waals surface area contributed by atoms with Crippen molar-refractivity contribution >= 4 is 61.4 Å². The van der Waals surface area contributed by atoms with Gasteiger partial charge in [0.2, 0.25) is 0 Å². The standard InChI is InChI=1S/C25H18N2O7S2/c1-33-13-6-8-16(34-2)14(11-13)21(28)19-20(17-4-3-9-35-17)27(23(30)22(19)29)25-26-15-7-5-12(24(31)32)10-18(15)36-25/h3-11,20,28H,1-2H3,(H,31,32)/b21-19+. The van der Waals surface area contributed by atoms with E-state index in [2.05, 4.69) is 4.98 Å². The Balaban J connectivity index is 1.71. The second-order valence-corrected chi connectivity index (χ2v) is 9.72. The molecule has 2 aromatic carbocycles. The monoisotopic (exact) mass is 522 g/mol. The summed E-state index contributed by atoms with van der Waals surface area (Å²) in [6.45, 7) is 0. The Morgan fingerprint density at radius 1 is 1.06 bits per heavy atom. The van der Waals surface area contributed by atoms with Gasteiger partial charge in [0.15, 0.2) is 5.13 Å². The second-order valence-electron chi connectivity index (χ2n) is 7.73. The Kier molecular flexibility index (Phi) is 5.94. The van der Waals surface area contributed by atoms with Crippen molar-refractivity contribution in [1.29, 1.82) is 0 Å². The van der Waals surface area contributed by atoms with Gasteiger partial charge in [0.25, 0.3) is 5.78 Å². The number of ketones is 1. The molecule has 5 rings (SSSR count). The normalized spacial score (nSPS) is 17.1. The van der Waals surface area contributed by atoms with Crippen molar-refractivity contribution in [3.8, 4) is 11.5 Å². The molecule has 0 spiro atoms. The Labute approximate surface area is 212 Å². The van der Waals surface area contributed by atoms with Crippen LogP contribution in [-0.2, 0) is 9.59 Å². The first-order chi connectivity index (χ1) is 17.3. The summed E-state index contributed by atoms with van der Waals surface area (Å²) in [5, 5.41) is 22.7. The number of hydrogen-bond donors (Lipinski definition) is 2. The summed E-state index contributed by atoms with van der Waals surface area (Å²) in [6.07, 6.45) is 0. The highest BCUT2D eigenvalue weighted by atomic mass is 32.1. The number of amides is 1. The molecule has 2 N–H and O–H groups in total. The van der Waals surface area contributed by atoms with Crippen LogP contribution in [0.15, 0.2) is 59.5 Å². The number of hydrogen-bond acceptors (Lipinski definition) is 9. The number of ether oxygens (including phenoxy) is 2. The number of thiophene rings is 1. The van der Waals surface area contributed by atoms with Crippen molar-refractivity contribution in [3.63, 3.8) is 0 Å². The fourth-order valence-electron chi connectivity index (χ4n) is 4.04. The van der Waals surface area contributed by atoms with Crippen LogP contribution in [0.5, 0.6) is 11.5 Å². The van der Waals surface area contributed by atoms with Crippen molar-refractivity contribution in [2.24, 2.45) is 0 Å². The minimum absolute atomic E-state index is 0.0830. The Morgan fingerprint density at radius 3 is 2.53 bits per heavy atom. The van der Waals surface area contributed by atoms with Crippen LogP contribution in [-0.4, -0.2) is 47.1 Å². The van der Waals surface area contributed by atoms with E-state index in [1.165, 1.54) is 48.7 Å². The summed E-state index contributed by atoms with van der Waals surface area (Å²) in [7, 11) is 2.90. The lowest BCUT2D eigenvalue weighted by Gasteiger charge is -2.21. The number of aliphatic hydroxyl groups excluding tert-OH is 1. The molecule has 1 amide bonds. The maximum Gasteiger partial charge on any atom is 0.335 e. The minimum atomic E-state index is -1.09.